The second-order valence-electron chi connectivity index (χ2n) is 16.2. The van der Waals surface area contributed by atoms with E-state index in [1.165, 1.54) is 12.1 Å². The van der Waals surface area contributed by atoms with Crippen LogP contribution in [0.5, 0.6) is 11.5 Å². The second-order valence-corrected chi connectivity index (χ2v) is 16.6. The number of aryl methyl sites for hydroxylation is 1. The summed E-state index contributed by atoms with van der Waals surface area (Å²) >= 11 is 6.14. The maximum atomic E-state index is 13.0. The number of aromatic nitrogens is 4. The predicted octanol–water partition coefficient (Wildman–Crippen LogP) is 12.6. The van der Waals surface area contributed by atoms with Gasteiger partial charge in [0.2, 0.25) is 0 Å². The summed E-state index contributed by atoms with van der Waals surface area (Å²) in [7, 11) is 0. The number of halogens is 4. The molecule has 1 amide bonds. The van der Waals surface area contributed by atoms with Gasteiger partial charge in [0.05, 0.1) is 22.3 Å². The summed E-state index contributed by atoms with van der Waals surface area (Å²) in [5, 5.41) is 7.92. The highest BCUT2D eigenvalue weighted by Crippen LogP contribution is 2.33. The smallest absolute Gasteiger partial charge is 0.491 e. The average Bonchev–Trinajstić information content (AvgIpc) is 3.69. The van der Waals surface area contributed by atoms with E-state index in [0.717, 1.165) is 87.7 Å². The SMILES string of the molecule is CC(C)Oc1ccc(-c2ccc(Nc3ncnc4ccccc34)cc2)cc1.CCc1nc2ccc(Cl)cn2c1C(=O)NCc1ccc(N2CCC(c3ccc(OC(F)(F)F)cc3)CC2)cc1. The summed E-state index contributed by atoms with van der Waals surface area (Å²) < 4.78 is 48.6. The van der Waals surface area contributed by atoms with Crippen molar-refractivity contribution in [3.63, 3.8) is 0 Å². The first kappa shape index (κ1) is 45.4. The van der Waals surface area contributed by atoms with Crippen LogP contribution in [0.1, 0.15) is 66.8 Å². The Labute approximate surface area is 386 Å². The van der Waals surface area contributed by atoms with Gasteiger partial charge in [0.1, 0.15) is 35.0 Å². The topological polar surface area (TPSA) is 106 Å². The molecule has 5 aromatic carbocycles. The van der Waals surface area contributed by atoms with Gasteiger partial charge < -0.3 is 25.0 Å². The maximum Gasteiger partial charge on any atom is 0.573 e. The molecular weight excluding hydrogens is 863 g/mol. The molecule has 0 atom stereocenters. The molecule has 10 nitrogen and oxygen atoms in total. The lowest BCUT2D eigenvalue weighted by Gasteiger charge is -2.34. The molecule has 66 heavy (non-hydrogen) atoms. The van der Waals surface area contributed by atoms with Crippen molar-refractivity contribution < 1.29 is 27.4 Å². The van der Waals surface area contributed by atoms with Crippen molar-refractivity contribution >= 4 is 51.3 Å². The zero-order valence-electron chi connectivity index (χ0n) is 36.7. The number of imidazole rings is 1. The first-order valence-electron chi connectivity index (χ1n) is 21.9. The van der Waals surface area contributed by atoms with Crippen molar-refractivity contribution in [2.45, 2.75) is 65.0 Å². The molecule has 1 fully saturated rings. The molecule has 8 aromatic rings. The van der Waals surface area contributed by atoms with E-state index in [-0.39, 0.29) is 23.7 Å². The molecule has 3 aromatic heterocycles. The van der Waals surface area contributed by atoms with Gasteiger partial charge >= 0.3 is 6.36 Å². The Morgan fingerprint density at radius 2 is 1.48 bits per heavy atom. The third kappa shape index (κ3) is 11.4. The van der Waals surface area contributed by atoms with Gasteiger partial charge in [-0.2, -0.15) is 0 Å². The lowest BCUT2D eigenvalue weighted by atomic mass is 9.89. The third-order valence-corrected chi connectivity index (χ3v) is 11.5. The summed E-state index contributed by atoms with van der Waals surface area (Å²) in [6.07, 6.45) is 1.22. The number of pyridine rings is 1. The van der Waals surface area contributed by atoms with Crippen molar-refractivity contribution in [3.05, 3.63) is 174 Å². The minimum Gasteiger partial charge on any atom is -0.491 e. The Kier molecular flexibility index (Phi) is 14.0. The summed E-state index contributed by atoms with van der Waals surface area (Å²) in [6.45, 7) is 8.09. The molecule has 338 valence electrons. The van der Waals surface area contributed by atoms with Crippen molar-refractivity contribution in [1.82, 2.24) is 24.7 Å². The van der Waals surface area contributed by atoms with Crippen LogP contribution in [0.3, 0.4) is 0 Å². The fraction of sp³-hybridized carbons (Fsp3) is 0.231. The zero-order chi connectivity index (χ0) is 46.2. The van der Waals surface area contributed by atoms with E-state index in [1.54, 1.807) is 41.2 Å². The molecule has 0 saturated carbocycles. The highest BCUT2D eigenvalue weighted by atomic mass is 35.5. The quantitative estimate of drug-likeness (QED) is 0.125. The normalized spacial score (nSPS) is 13.1. The van der Waals surface area contributed by atoms with Crippen LogP contribution < -0.4 is 25.0 Å². The highest BCUT2D eigenvalue weighted by molar-refractivity contribution is 6.30. The fourth-order valence-electron chi connectivity index (χ4n) is 8.04. The molecular formula is C52H49ClF3N7O3. The van der Waals surface area contributed by atoms with Gasteiger partial charge in [-0.1, -0.05) is 79.2 Å². The number of carbonyl (C=O) groups excluding carboxylic acids is 1. The number of hydrogen-bond donors (Lipinski definition) is 2. The predicted molar refractivity (Wildman–Crippen MR) is 255 cm³/mol. The molecule has 0 spiro atoms. The van der Waals surface area contributed by atoms with E-state index in [1.807, 2.05) is 69.3 Å². The molecule has 14 heteroatoms. The third-order valence-electron chi connectivity index (χ3n) is 11.3. The number of anilines is 3. The molecule has 1 aliphatic rings. The van der Waals surface area contributed by atoms with Crippen molar-refractivity contribution in [2.75, 3.05) is 23.3 Å². The fourth-order valence-corrected chi connectivity index (χ4v) is 8.20. The summed E-state index contributed by atoms with van der Waals surface area (Å²) in [5.41, 5.74) is 9.23. The van der Waals surface area contributed by atoms with Crippen LogP contribution in [0.25, 0.3) is 27.7 Å². The van der Waals surface area contributed by atoms with Crippen LogP contribution in [-0.2, 0) is 13.0 Å². The van der Waals surface area contributed by atoms with Gasteiger partial charge in [0.25, 0.3) is 5.91 Å². The van der Waals surface area contributed by atoms with E-state index in [9.17, 15) is 18.0 Å². The van der Waals surface area contributed by atoms with E-state index in [4.69, 9.17) is 16.3 Å². The molecule has 0 unspecified atom stereocenters. The number of nitrogens with zero attached hydrogens (tertiary/aromatic N) is 5. The van der Waals surface area contributed by atoms with Crippen LogP contribution in [0.4, 0.5) is 30.4 Å². The number of fused-ring (bicyclic) bond motifs is 2. The van der Waals surface area contributed by atoms with Crippen LogP contribution in [0.2, 0.25) is 5.02 Å². The maximum absolute atomic E-state index is 13.0. The van der Waals surface area contributed by atoms with Gasteiger partial charge in [0.15, 0.2) is 0 Å². The minimum atomic E-state index is -4.68. The van der Waals surface area contributed by atoms with Crippen LogP contribution >= 0.6 is 11.6 Å². The number of piperidine rings is 1. The molecule has 2 N–H and O–H groups in total. The molecule has 4 heterocycles. The first-order chi connectivity index (χ1) is 31.9. The first-order valence-corrected chi connectivity index (χ1v) is 22.2. The summed E-state index contributed by atoms with van der Waals surface area (Å²) in [6, 6.07) is 42.3. The number of hydrogen-bond acceptors (Lipinski definition) is 8. The van der Waals surface area contributed by atoms with E-state index in [2.05, 4.69) is 83.8 Å². The van der Waals surface area contributed by atoms with E-state index >= 15 is 0 Å². The van der Waals surface area contributed by atoms with E-state index < -0.39 is 6.36 Å². The van der Waals surface area contributed by atoms with Gasteiger partial charge in [0, 0.05) is 42.6 Å². The number of rotatable bonds is 12. The Bertz CT molecular complexity index is 2880. The number of nitrogens with one attached hydrogen (secondary N) is 2. The number of amides is 1. The number of ether oxygens (including phenoxy) is 2. The monoisotopic (exact) mass is 911 g/mol. The van der Waals surface area contributed by atoms with Crippen LogP contribution in [0.15, 0.2) is 146 Å². The van der Waals surface area contributed by atoms with Gasteiger partial charge in [-0.05, 0) is 134 Å². The molecule has 1 aliphatic heterocycles. The number of alkyl halides is 3. The van der Waals surface area contributed by atoms with Gasteiger partial charge in [-0.15, -0.1) is 13.2 Å². The molecule has 0 aliphatic carbocycles. The minimum absolute atomic E-state index is 0.180. The van der Waals surface area contributed by atoms with Crippen LogP contribution in [-0.4, -0.2) is 50.8 Å². The van der Waals surface area contributed by atoms with Gasteiger partial charge in [-0.3, -0.25) is 9.20 Å². The lowest BCUT2D eigenvalue weighted by molar-refractivity contribution is -0.274. The molecule has 9 rings (SSSR count). The standard InChI is InChI=1S/C29H28ClF3N4O2.C23H21N3O/c1-2-25-27(37-18-22(30)7-12-26(37)35-25)28(38)34-17-19-3-8-23(9-4-19)36-15-13-21(14-16-36)20-5-10-24(11-6-20)39-29(31,32)33;1-16(2)27-20-13-9-18(10-14-20)17-7-11-19(12-8-17)26-23-21-5-3-4-6-22(21)24-15-25-23/h3-12,18,21H,2,13-17H2,1H3,(H,34,38);3-16H,1-2H3,(H,24,25,26). The number of carbonyl (C=O) groups is 1. The Hall–Kier alpha value is -7.12. The Morgan fingerprint density at radius 1 is 0.818 bits per heavy atom. The largest absolute Gasteiger partial charge is 0.573 e. The van der Waals surface area contributed by atoms with Gasteiger partial charge in [-0.25, -0.2) is 15.0 Å². The lowest BCUT2D eigenvalue weighted by Crippen LogP contribution is -2.32. The number of benzene rings is 5. The van der Waals surface area contributed by atoms with Crippen molar-refractivity contribution in [1.29, 1.82) is 0 Å². The molecule has 0 radical (unpaired) electrons. The molecule has 1 saturated heterocycles. The second kappa shape index (κ2) is 20.4. The van der Waals surface area contributed by atoms with Crippen LogP contribution in [0, 0.1) is 0 Å². The number of para-hydroxylation sites is 1. The Morgan fingerprint density at radius 3 is 2.15 bits per heavy atom. The van der Waals surface area contributed by atoms with E-state index in [0.29, 0.717) is 29.3 Å². The van der Waals surface area contributed by atoms with Crippen molar-refractivity contribution in [3.8, 4) is 22.6 Å². The zero-order valence-corrected chi connectivity index (χ0v) is 37.5. The molecule has 0 bridgehead atoms. The highest BCUT2D eigenvalue weighted by Gasteiger charge is 2.31. The summed E-state index contributed by atoms with van der Waals surface area (Å²) in [4.78, 5) is 28.6. The average molecular weight is 912 g/mol. The summed E-state index contributed by atoms with van der Waals surface area (Å²) in [5.74, 6) is 1.59. The van der Waals surface area contributed by atoms with Crippen molar-refractivity contribution in [2.24, 2.45) is 0 Å². The Balaban J connectivity index is 0.000000192.